The zero-order valence-electron chi connectivity index (χ0n) is 19.5. The second-order valence-corrected chi connectivity index (χ2v) is 14.1. The summed E-state index contributed by atoms with van der Waals surface area (Å²) in [6, 6.07) is 22.7. The van der Waals surface area contributed by atoms with Gasteiger partial charge in [0.25, 0.3) is 0 Å². The van der Waals surface area contributed by atoms with Gasteiger partial charge in [-0.3, -0.25) is 0 Å². The first-order valence-electron chi connectivity index (χ1n) is 11.7. The monoisotopic (exact) mass is 432 g/mol. The molecule has 0 amide bonds. The molecule has 3 aliphatic rings. The van der Waals surface area contributed by atoms with Crippen molar-refractivity contribution in [3.8, 4) is 0 Å². The van der Waals surface area contributed by atoms with Crippen molar-refractivity contribution in [2.24, 2.45) is 27.7 Å². The van der Waals surface area contributed by atoms with Crippen molar-refractivity contribution in [2.45, 2.75) is 46.6 Å². The minimum Gasteiger partial charge on any atom is -0.478 e. The molecule has 0 radical (unpaired) electrons. The highest BCUT2D eigenvalue weighted by Gasteiger charge is 2.71. The Morgan fingerprint density at radius 3 is 2.03 bits per heavy atom. The highest BCUT2D eigenvalue weighted by atomic mass is 31.2. The molecule has 1 saturated carbocycles. The lowest BCUT2D eigenvalue weighted by Gasteiger charge is -2.42. The Morgan fingerprint density at radius 2 is 1.55 bits per heavy atom. The lowest BCUT2D eigenvalue weighted by Crippen LogP contribution is -2.43. The Kier molecular flexibility index (Phi) is 4.94. The second kappa shape index (κ2) is 7.31. The second-order valence-electron chi connectivity index (χ2n) is 10.6. The van der Waals surface area contributed by atoms with Gasteiger partial charge in [-0.05, 0) is 60.4 Å². The van der Waals surface area contributed by atoms with E-state index < -0.39 is 7.26 Å². The molecule has 2 aromatic rings. The van der Waals surface area contributed by atoms with E-state index in [9.17, 15) is 0 Å². The van der Waals surface area contributed by atoms with Crippen LogP contribution in [0.15, 0.2) is 77.0 Å². The number of aliphatic imine (C=N–C) groups is 1. The lowest BCUT2D eigenvalue weighted by atomic mass is 9.68. The number of nitrogens with zero attached hydrogens (tertiary/aromatic N) is 1. The molecule has 5 rings (SSSR count). The van der Waals surface area contributed by atoms with Crippen LogP contribution in [0.2, 0.25) is 0 Å². The maximum atomic E-state index is 6.49. The number of hydrogen-bond acceptors (Lipinski definition) is 2. The van der Waals surface area contributed by atoms with E-state index in [-0.39, 0.29) is 16.9 Å². The van der Waals surface area contributed by atoms with Gasteiger partial charge >= 0.3 is 0 Å². The van der Waals surface area contributed by atoms with E-state index in [0.717, 1.165) is 18.9 Å². The Morgan fingerprint density at radius 1 is 0.968 bits per heavy atom. The van der Waals surface area contributed by atoms with Gasteiger partial charge in [-0.2, -0.15) is 0 Å². The van der Waals surface area contributed by atoms with Crippen LogP contribution >= 0.6 is 7.26 Å². The van der Waals surface area contributed by atoms with Crippen molar-refractivity contribution in [1.29, 1.82) is 0 Å². The van der Waals surface area contributed by atoms with Crippen LogP contribution in [0, 0.1) is 22.7 Å². The van der Waals surface area contributed by atoms with E-state index in [1.165, 1.54) is 17.0 Å². The summed E-state index contributed by atoms with van der Waals surface area (Å²) in [5.74, 6) is 2.12. The molecule has 0 N–H and O–H groups in total. The number of ether oxygens (including phenoxy) is 1. The molecule has 1 fully saturated rings. The fourth-order valence-corrected chi connectivity index (χ4v) is 10.4. The highest BCUT2D eigenvalue weighted by molar-refractivity contribution is 7.92. The third-order valence-electron chi connectivity index (χ3n) is 8.49. The highest BCUT2D eigenvalue weighted by Crippen LogP contribution is 2.78. The van der Waals surface area contributed by atoms with Gasteiger partial charge in [0, 0.05) is 0 Å². The maximum absolute atomic E-state index is 6.49. The fraction of sp³-hybridized carbons (Fsp3) is 0.464. The minimum absolute atomic E-state index is 0.102. The molecule has 1 aliphatic heterocycles. The van der Waals surface area contributed by atoms with Crippen LogP contribution in [0.1, 0.15) is 40.5 Å². The van der Waals surface area contributed by atoms with Gasteiger partial charge in [-0.1, -0.05) is 64.1 Å². The zero-order chi connectivity index (χ0) is 21.9. The largest absolute Gasteiger partial charge is 0.478 e. The molecular formula is C28H35NOP+. The molecule has 2 nitrogen and oxygen atoms in total. The number of benzene rings is 2. The van der Waals surface area contributed by atoms with Gasteiger partial charge in [0.2, 0.25) is 0 Å². The number of allylic oxidation sites excluding steroid dienone is 1. The van der Waals surface area contributed by atoms with E-state index in [1.54, 1.807) is 5.31 Å². The maximum Gasteiger partial charge on any atom is 0.198 e. The Hall–Kier alpha value is -1.92. The van der Waals surface area contributed by atoms with E-state index in [4.69, 9.17) is 9.73 Å². The molecule has 0 spiro atoms. The van der Waals surface area contributed by atoms with E-state index in [1.807, 2.05) is 0 Å². The van der Waals surface area contributed by atoms with E-state index in [0.29, 0.717) is 11.8 Å². The van der Waals surface area contributed by atoms with Crippen molar-refractivity contribution in [2.75, 3.05) is 13.3 Å². The molecule has 1 heterocycles. The van der Waals surface area contributed by atoms with Crippen molar-refractivity contribution >= 4 is 23.8 Å². The molecular weight excluding hydrogens is 397 g/mol. The van der Waals surface area contributed by atoms with Gasteiger partial charge < -0.3 is 4.74 Å². The standard InChI is InChI=1S/C28H35NOP/c1-20(2)24-19-30-26(29-24)28-17-16-21(27(28,3)4)18-25(28)31(5,22-12-8-6-9-13-22)23-14-10-7-11-15-23/h6-15,18,20-21,24H,16-17,19H2,1-5H3/q+1. The third kappa shape index (κ3) is 2.83. The van der Waals surface area contributed by atoms with Gasteiger partial charge in [-0.15, -0.1) is 0 Å². The first-order valence-corrected chi connectivity index (χ1v) is 14.0. The van der Waals surface area contributed by atoms with Crippen molar-refractivity contribution < 1.29 is 4.74 Å². The number of fused-ring (bicyclic) bond motifs is 2. The molecule has 2 aromatic carbocycles. The Balaban J connectivity index is 1.74. The minimum atomic E-state index is -1.80. The summed E-state index contributed by atoms with van der Waals surface area (Å²) in [6.07, 6.45) is 5.02. The predicted molar refractivity (Wildman–Crippen MR) is 134 cm³/mol. The average Bonchev–Trinajstić information content (AvgIpc) is 3.44. The normalized spacial score (nSPS) is 29.1. The summed E-state index contributed by atoms with van der Waals surface area (Å²) in [4.78, 5) is 5.26. The molecule has 162 valence electrons. The van der Waals surface area contributed by atoms with Crippen LogP contribution in [0.5, 0.6) is 0 Å². The first kappa shape index (κ1) is 21.0. The average molecular weight is 433 g/mol. The first-order chi connectivity index (χ1) is 14.8. The SMILES string of the molecule is CC(C)C1COC(C23CCC(C=C2[P+](C)(c2ccccc2)c2ccccc2)C3(C)C)=N1. The summed E-state index contributed by atoms with van der Waals surface area (Å²) in [5, 5.41) is 4.50. The molecule has 0 aromatic heterocycles. The van der Waals surface area contributed by atoms with E-state index >= 15 is 0 Å². The van der Waals surface area contributed by atoms with Crippen LogP contribution in [0.25, 0.3) is 0 Å². The smallest absolute Gasteiger partial charge is 0.198 e. The summed E-state index contributed by atoms with van der Waals surface area (Å²) in [5.41, 5.74) is 0.0212. The van der Waals surface area contributed by atoms with Crippen molar-refractivity contribution in [1.82, 2.24) is 0 Å². The number of rotatable bonds is 5. The molecule has 3 atom stereocenters. The molecule has 3 unspecified atom stereocenters. The van der Waals surface area contributed by atoms with Gasteiger partial charge in [0.15, 0.2) is 5.90 Å². The van der Waals surface area contributed by atoms with Crippen LogP contribution in [-0.2, 0) is 4.74 Å². The molecule has 3 heteroatoms. The summed E-state index contributed by atoms with van der Waals surface area (Å²) >= 11 is 0. The van der Waals surface area contributed by atoms with Crippen molar-refractivity contribution in [3.05, 3.63) is 72.1 Å². The van der Waals surface area contributed by atoms with Crippen molar-refractivity contribution in [3.63, 3.8) is 0 Å². The predicted octanol–water partition coefficient (Wildman–Crippen LogP) is 6.06. The van der Waals surface area contributed by atoms with Crippen LogP contribution < -0.4 is 10.6 Å². The summed E-state index contributed by atoms with van der Waals surface area (Å²) in [6.45, 7) is 12.7. The third-order valence-corrected chi connectivity index (χ3v) is 12.6. The quantitative estimate of drug-likeness (QED) is 0.527. The summed E-state index contributed by atoms with van der Waals surface area (Å²) < 4.78 is 6.49. The van der Waals surface area contributed by atoms with Crippen LogP contribution in [0.4, 0.5) is 0 Å². The fourth-order valence-electron chi connectivity index (χ4n) is 6.32. The molecule has 31 heavy (non-hydrogen) atoms. The van der Waals surface area contributed by atoms with Crippen LogP contribution in [-0.4, -0.2) is 25.2 Å². The topological polar surface area (TPSA) is 21.6 Å². The Labute approximate surface area is 188 Å². The summed E-state index contributed by atoms with van der Waals surface area (Å²) in [7, 11) is -1.80. The molecule has 0 saturated heterocycles. The van der Waals surface area contributed by atoms with Gasteiger partial charge in [-0.25, -0.2) is 4.99 Å². The van der Waals surface area contributed by atoms with Gasteiger partial charge in [0.05, 0.1) is 18.0 Å². The molecule has 2 aliphatic carbocycles. The number of hydrogen-bond donors (Lipinski definition) is 0. The lowest BCUT2D eigenvalue weighted by molar-refractivity contribution is 0.181. The Bertz CT molecular complexity index is 984. The van der Waals surface area contributed by atoms with Crippen LogP contribution in [0.3, 0.4) is 0 Å². The van der Waals surface area contributed by atoms with Gasteiger partial charge in [0.1, 0.15) is 29.9 Å². The molecule has 2 bridgehead atoms. The zero-order valence-corrected chi connectivity index (χ0v) is 20.4. The van der Waals surface area contributed by atoms with E-state index in [2.05, 4.69) is 101 Å².